The van der Waals surface area contributed by atoms with Crippen LogP contribution in [0, 0.1) is 5.92 Å². The molecule has 0 fully saturated rings. The van der Waals surface area contributed by atoms with Gasteiger partial charge in [-0.15, -0.1) is 0 Å². The van der Waals surface area contributed by atoms with Crippen LogP contribution in [0.2, 0.25) is 0 Å². The van der Waals surface area contributed by atoms with E-state index in [-0.39, 0.29) is 31.3 Å². The van der Waals surface area contributed by atoms with Crippen molar-refractivity contribution in [3.63, 3.8) is 0 Å². The molecule has 0 spiro atoms. The van der Waals surface area contributed by atoms with Gasteiger partial charge in [-0.1, -0.05) is 128 Å². The molecule has 2 atom stereocenters. The van der Waals surface area contributed by atoms with Gasteiger partial charge >= 0.3 is 0 Å². The van der Waals surface area contributed by atoms with Crippen molar-refractivity contribution in [3.8, 4) is 5.75 Å². The Labute approximate surface area is 289 Å². The number of rotatable bonds is 33. The molecule has 2 unspecified atom stereocenters. The summed E-state index contributed by atoms with van der Waals surface area (Å²) in [5.41, 5.74) is 0.975. The highest BCUT2D eigenvalue weighted by Gasteiger charge is 2.21. The van der Waals surface area contributed by atoms with E-state index in [9.17, 15) is 14.3 Å². The predicted molar refractivity (Wildman–Crippen MR) is 195 cm³/mol. The van der Waals surface area contributed by atoms with Crippen molar-refractivity contribution in [2.45, 2.75) is 156 Å². The van der Waals surface area contributed by atoms with Gasteiger partial charge in [-0.05, 0) is 43.7 Å². The van der Waals surface area contributed by atoms with E-state index < -0.39 is 7.82 Å². The van der Waals surface area contributed by atoms with E-state index in [1.807, 2.05) is 31.2 Å². The molecule has 0 N–H and O–H groups in total. The normalized spacial score (nSPS) is 13.8. The third-order valence-electron chi connectivity index (χ3n) is 9.26. The molecule has 0 aliphatic heterocycles. The van der Waals surface area contributed by atoms with Crippen molar-refractivity contribution in [2.75, 3.05) is 47.0 Å². The smallest absolute Gasteiger partial charge is 0.267 e. The van der Waals surface area contributed by atoms with E-state index >= 15 is 0 Å². The number of carbonyl (C=O) groups excluding carboxylic acids is 1. The van der Waals surface area contributed by atoms with Crippen LogP contribution in [0.5, 0.6) is 5.75 Å². The Morgan fingerprint density at radius 2 is 1.30 bits per heavy atom. The van der Waals surface area contributed by atoms with Gasteiger partial charge in [0.1, 0.15) is 11.5 Å². The minimum atomic E-state index is -4.46. The highest BCUT2D eigenvalue weighted by atomic mass is 31.2. The van der Waals surface area contributed by atoms with Gasteiger partial charge in [-0.2, -0.15) is 0 Å². The summed E-state index contributed by atoms with van der Waals surface area (Å²) in [5, 5.41) is 0. The quantitative estimate of drug-likeness (QED) is 0.0417. The second kappa shape index (κ2) is 27.6. The molecular formula is C39H72NO6P. The number of quaternary nitrogens is 1. The largest absolute Gasteiger partial charge is 0.756 e. The van der Waals surface area contributed by atoms with Crippen LogP contribution in [0.4, 0.5) is 0 Å². The third kappa shape index (κ3) is 24.5. The molecule has 47 heavy (non-hydrogen) atoms. The van der Waals surface area contributed by atoms with Gasteiger partial charge in [-0.25, -0.2) is 0 Å². The molecule has 0 aliphatic rings. The summed E-state index contributed by atoms with van der Waals surface area (Å²) in [6.07, 6.45) is 24.0. The molecule has 1 aromatic carbocycles. The summed E-state index contributed by atoms with van der Waals surface area (Å²) in [5.74, 6) is 0.643. The molecular weight excluding hydrogens is 609 g/mol. The van der Waals surface area contributed by atoms with Crippen LogP contribution in [0.3, 0.4) is 0 Å². The first-order chi connectivity index (χ1) is 22.6. The molecule has 274 valence electrons. The Morgan fingerprint density at radius 1 is 0.745 bits per heavy atom. The predicted octanol–water partition coefficient (Wildman–Crippen LogP) is 10.2. The minimum Gasteiger partial charge on any atom is -0.756 e. The number of phosphoric acid groups is 1. The van der Waals surface area contributed by atoms with Gasteiger partial charge in [0.05, 0.1) is 47.0 Å². The number of ether oxygens (including phenoxy) is 1. The number of nitrogens with zero attached hydrogens (tertiary/aromatic N) is 1. The van der Waals surface area contributed by atoms with Crippen molar-refractivity contribution >= 4 is 13.6 Å². The van der Waals surface area contributed by atoms with Crippen LogP contribution in [0.25, 0.3) is 0 Å². The maximum atomic E-state index is 12.6. The van der Waals surface area contributed by atoms with E-state index in [0.717, 1.165) is 48.1 Å². The van der Waals surface area contributed by atoms with Crippen molar-refractivity contribution in [2.24, 2.45) is 5.92 Å². The van der Waals surface area contributed by atoms with E-state index in [4.69, 9.17) is 13.8 Å². The third-order valence-corrected chi connectivity index (χ3v) is 10.2. The summed E-state index contributed by atoms with van der Waals surface area (Å²) in [4.78, 5) is 25.1. The minimum absolute atomic E-state index is 0.0831. The Bertz CT molecular complexity index is 955. The molecule has 7 nitrogen and oxygen atoms in total. The highest BCUT2D eigenvalue weighted by molar-refractivity contribution is 7.45. The van der Waals surface area contributed by atoms with Crippen molar-refractivity contribution in [3.05, 3.63) is 29.8 Å². The lowest BCUT2D eigenvalue weighted by atomic mass is 9.93. The lowest BCUT2D eigenvalue weighted by Crippen LogP contribution is -2.40. The molecule has 0 saturated heterocycles. The fraction of sp³-hybridized carbons (Fsp3) is 0.821. The Morgan fingerprint density at radius 3 is 1.85 bits per heavy atom. The van der Waals surface area contributed by atoms with Gasteiger partial charge in [0, 0.05) is 19.3 Å². The van der Waals surface area contributed by atoms with Crippen molar-refractivity contribution in [1.82, 2.24) is 0 Å². The lowest BCUT2D eigenvalue weighted by Gasteiger charge is -2.29. The summed E-state index contributed by atoms with van der Waals surface area (Å²) in [7, 11) is -0.250. The zero-order chi connectivity index (χ0) is 34.6. The van der Waals surface area contributed by atoms with Gasteiger partial charge in [-0.3, -0.25) is 9.36 Å². The van der Waals surface area contributed by atoms with E-state index in [1.165, 1.54) is 89.9 Å². The van der Waals surface area contributed by atoms with E-state index in [1.54, 1.807) is 0 Å². The number of hydrogen-bond acceptors (Lipinski definition) is 6. The van der Waals surface area contributed by atoms with E-state index in [2.05, 4.69) is 27.9 Å². The topological polar surface area (TPSA) is 84.9 Å². The first kappa shape index (κ1) is 43.8. The first-order valence-corrected chi connectivity index (χ1v) is 20.7. The van der Waals surface area contributed by atoms with Crippen LogP contribution in [0.15, 0.2) is 24.3 Å². The van der Waals surface area contributed by atoms with E-state index in [0.29, 0.717) is 25.9 Å². The maximum Gasteiger partial charge on any atom is 0.267 e. The van der Waals surface area contributed by atoms with Gasteiger partial charge in [0.15, 0.2) is 0 Å². The zero-order valence-electron chi connectivity index (χ0n) is 31.1. The fourth-order valence-electron chi connectivity index (χ4n) is 5.91. The standard InChI is InChI=1S/C39H72NO6P/c1-6-9-10-11-12-13-14-15-16-17-18-19-20-21-22-25-31-44-39-29-24-23-28-37(39)33-36(34-38(41)27-7-2)35-46-47(42,43)45-32-26-30-40(4,5)8-3/h23-24,28-29,36H,6-22,25-27,30-35H2,1-5H3. The Kier molecular flexibility index (Phi) is 25.7. The van der Waals surface area contributed by atoms with Crippen LogP contribution in [0.1, 0.15) is 155 Å². The molecule has 0 saturated carbocycles. The molecule has 8 heteroatoms. The van der Waals surface area contributed by atoms with Crippen LogP contribution in [-0.4, -0.2) is 57.3 Å². The van der Waals surface area contributed by atoms with Gasteiger partial charge in [0.25, 0.3) is 7.82 Å². The van der Waals surface area contributed by atoms with Gasteiger partial charge in [0.2, 0.25) is 0 Å². The molecule has 0 aliphatic carbocycles. The highest BCUT2D eigenvalue weighted by Crippen LogP contribution is 2.39. The summed E-state index contributed by atoms with van der Waals surface area (Å²) < 4.78 is 30.0. The number of ketones is 1. The SMILES string of the molecule is CCCCCCCCCCCCCCCCCCOc1ccccc1CC(COP(=O)([O-])OCCC[N+](C)(C)CC)CC(=O)CCC. The average Bonchev–Trinajstić information content (AvgIpc) is 3.04. The first-order valence-electron chi connectivity index (χ1n) is 19.3. The van der Waals surface area contributed by atoms with Crippen LogP contribution < -0.4 is 9.63 Å². The number of benzene rings is 1. The van der Waals surface area contributed by atoms with Crippen LogP contribution >= 0.6 is 7.82 Å². The summed E-state index contributed by atoms with van der Waals surface area (Å²) in [6, 6.07) is 7.88. The molecule has 0 radical (unpaired) electrons. The lowest BCUT2D eigenvalue weighted by molar-refractivity contribution is -0.888. The Hall–Kier alpha value is -1.24. The molecule has 0 amide bonds. The number of phosphoric ester groups is 1. The van der Waals surface area contributed by atoms with Crippen LogP contribution in [-0.2, 0) is 24.8 Å². The average molecular weight is 682 g/mol. The molecule has 0 aromatic heterocycles. The Balaban J connectivity index is 2.38. The number of hydrogen-bond donors (Lipinski definition) is 0. The van der Waals surface area contributed by atoms with Gasteiger partial charge < -0.3 is 23.2 Å². The maximum absolute atomic E-state index is 12.6. The van der Waals surface area contributed by atoms with Crippen molar-refractivity contribution < 1.29 is 32.5 Å². The monoisotopic (exact) mass is 682 g/mol. The summed E-state index contributed by atoms with van der Waals surface area (Å²) in [6.45, 7) is 8.81. The fourth-order valence-corrected chi connectivity index (χ4v) is 6.73. The zero-order valence-corrected chi connectivity index (χ0v) is 32.0. The molecule has 0 bridgehead atoms. The molecule has 0 heterocycles. The molecule has 1 rings (SSSR count). The number of para-hydroxylation sites is 1. The number of unbranched alkanes of at least 4 members (excludes halogenated alkanes) is 15. The van der Waals surface area contributed by atoms with Crippen molar-refractivity contribution in [1.29, 1.82) is 0 Å². The summed E-state index contributed by atoms with van der Waals surface area (Å²) >= 11 is 0. The molecule has 1 aromatic rings. The number of Topliss-reactive ketones (excluding diaryl/α,β-unsaturated/α-hetero) is 1. The second-order valence-corrected chi connectivity index (χ2v) is 15.6. The second-order valence-electron chi connectivity index (χ2n) is 14.2. The number of carbonyl (C=O) groups is 1.